The van der Waals surface area contributed by atoms with Crippen LogP contribution in [0.3, 0.4) is 0 Å². The topological polar surface area (TPSA) is 68.3 Å². The molecule has 0 saturated carbocycles. The lowest BCUT2D eigenvalue weighted by Crippen LogP contribution is -2.24. The molecule has 0 aliphatic rings. The molecule has 0 bridgehead atoms. The fourth-order valence-electron chi connectivity index (χ4n) is 1.68. The molecule has 0 radical (unpaired) electrons. The van der Waals surface area contributed by atoms with Gasteiger partial charge in [-0.15, -0.1) is 0 Å². The van der Waals surface area contributed by atoms with E-state index in [1.54, 1.807) is 18.2 Å². The summed E-state index contributed by atoms with van der Waals surface area (Å²) in [5, 5.41) is 2.55. The van der Waals surface area contributed by atoms with Gasteiger partial charge in [0.1, 0.15) is 11.6 Å². The summed E-state index contributed by atoms with van der Waals surface area (Å²) in [5.41, 5.74) is 0.465. The molecule has 21 heavy (non-hydrogen) atoms. The summed E-state index contributed by atoms with van der Waals surface area (Å²) in [7, 11) is 0. The van der Waals surface area contributed by atoms with Gasteiger partial charge in [0, 0.05) is 18.7 Å². The number of nitrogens with one attached hydrogen (secondary N) is 1. The van der Waals surface area contributed by atoms with Gasteiger partial charge in [-0.2, -0.15) is 0 Å². The molecular weight excluding hydrogens is 275 g/mol. The van der Waals surface area contributed by atoms with Crippen LogP contribution in [0.25, 0.3) is 0 Å². The van der Waals surface area contributed by atoms with Crippen LogP contribution in [-0.4, -0.2) is 16.9 Å². The fourth-order valence-corrected chi connectivity index (χ4v) is 1.68. The summed E-state index contributed by atoms with van der Waals surface area (Å²) in [6.45, 7) is 1.25. The predicted octanol–water partition coefficient (Wildman–Crippen LogP) is 2.08. The lowest BCUT2D eigenvalue weighted by atomic mass is 10.2. The smallest absolute Gasteiger partial charge is 0.308 e. The van der Waals surface area contributed by atoms with Crippen molar-refractivity contribution in [2.24, 2.45) is 0 Å². The summed E-state index contributed by atoms with van der Waals surface area (Å²) < 4.78 is 18.3. The molecule has 0 atom stereocenters. The molecule has 1 aromatic carbocycles. The van der Waals surface area contributed by atoms with E-state index in [9.17, 15) is 14.0 Å². The Bertz CT molecular complexity index is 673. The third-order valence-corrected chi connectivity index (χ3v) is 2.61. The maximum atomic E-state index is 13.4. The minimum Gasteiger partial charge on any atom is -0.427 e. The van der Waals surface area contributed by atoms with Crippen LogP contribution < -0.4 is 10.1 Å². The highest BCUT2D eigenvalue weighted by atomic mass is 19.1. The lowest BCUT2D eigenvalue weighted by Gasteiger charge is -2.07. The second-order valence-corrected chi connectivity index (χ2v) is 4.24. The minimum atomic E-state index is -0.480. The average Bonchev–Trinajstić information content (AvgIpc) is 2.45. The molecule has 6 heteroatoms. The maximum Gasteiger partial charge on any atom is 0.308 e. The van der Waals surface area contributed by atoms with E-state index in [0.29, 0.717) is 5.56 Å². The van der Waals surface area contributed by atoms with Crippen LogP contribution in [0.1, 0.15) is 23.0 Å². The Labute approximate surface area is 120 Å². The van der Waals surface area contributed by atoms with E-state index < -0.39 is 17.7 Å². The van der Waals surface area contributed by atoms with Gasteiger partial charge in [0.2, 0.25) is 0 Å². The van der Waals surface area contributed by atoms with Crippen molar-refractivity contribution in [3.05, 3.63) is 59.7 Å². The van der Waals surface area contributed by atoms with Crippen molar-refractivity contribution >= 4 is 11.9 Å². The first-order valence-electron chi connectivity index (χ1n) is 6.22. The molecule has 0 saturated heterocycles. The first-order chi connectivity index (χ1) is 10.1. The van der Waals surface area contributed by atoms with Gasteiger partial charge < -0.3 is 10.1 Å². The molecule has 5 nitrogen and oxygen atoms in total. The summed E-state index contributed by atoms with van der Waals surface area (Å²) in [6, 6.07) is 8.91. The molecule has 2 rings (SSSR count). The number of halogens is 1. The van der Waals surface area contributed by atoms with Crippen LogP contribution in [0.15, 0.2) is 42.6 Å². The van der Waals surface area contributed by atoms with E-state index >= 15 is 0 Å². The van der Waals surface area contributed by atoms with Crippen LogP contribution >= 0.6 is 0 Å². The second kappa shape index (κ2) is 6.60. The van der Waals surface area contributed by atoms with Gasteiger partial charge in [-0.3, -0.25) is 14.6 Å². The highest BCUT2D eigenvalue weighted by molar-refractivity contribution is 5.94. The van der Waals surface area contributed by atoms with Gasteiger partial charge in [0.15, 0.2) is 0 Å². The van der Waals surface area contributed by atoms with E-state index in [2.05, 4.69) is 10.3 Å². The Balaban J connectivity index is 2.03. The van der Waals surface area contributed by atoms with Crippen molar-refractivity contribution < 1.29 is 18.7 Å². The van der Waals surface area contributed by atoms with Crippen molar-refractivity contribution in [2.45, 2.75) is 13.5 Å². The van der Waals surface area contributed by atoms with Crippen LogP contribution in [-0.2, 0) is 11.3 Å². The van der Waals surface area contributed by atoms with E-state index in [-0.39, 0.29) is 18.0 Å². The van der Waals surface area contributed by atoms with Gasteiger partial charge >= 0.3 is 5.97 Å². The van der Waals surface area contributed by atoms with Gasteiger partial charge in [-0.25, -0.2) is 4.39 Å². The first kappa shape index (κ1) is 14.6. The van der Waals surface area contributed by atoms with Gasteiger partial charge in [-0.05, 0) is 30.3 Å². The highest BCUT2D eigenvalue weighted by Crippen LogP contribution is 2.13. The van der Waals surface area contributed by atoms with Crippen molar-refractivity contribution in [1.82, 2.24) is 10.3 Å². The Morgan fingerprint density at radius 1 is 1.29 bits per heavy atom. The third-order valence-electron chi connectivity index (χ3n) is 2.61. The predicted molar refractivity (Wildman–Crippen MR) is 73.1 cm³/mol. The van der Waals surface area contributed by atoms with Crippen LogP contribution in [0.2, 0.25) is 0 Å². The van der Waals surface area contributed by atoms with Crippen LogP contribution in [0.5, 0.6) is 5.75 Å². The molecule has 1 aromatic heterocycles. The van der Waals surface area contributed by atoms with Gasteiger partial charge in [0.25, 0.3) is 5.91 Å². The molecular formula is C15H13FN2O3. The SMILES string of the molecule is CC(=O)Oc1cccc(C(=O)NCc2ncccc2F)c1. The number of ether oxygens (including phenoxy) is 1. The molecule has 0 aliphatic carbocycles. The number of aromatic nitrogens is 1. The highest BCUT2D eigenvalue weighted by Gasteiger charge is 2.09. The van der Waals surface area contributed by atoms with Gasteiger partial charge in [0.05, 0.1) is 12.2 Å². The number of pyridine rings is 1. The molecule has 0 aliphatic heterocycles. The van der Waals surface area contributed by atoms with Crippen LogP contribution in [0.4, 0.5) is 4.39 Å². The molecule has 0 unspecified atom stereocenters. The summed E-state index contributed by atoms with van der Waals surface area (Å²) in [5.74, 6) is -1.08. The number of hydrogen-bond acceptors (Lipinski definition) is 4. The molecule has 1 amide bonds. The molecule has 2 aromatic rings. The molecule has 108 valence electrons. The maximum absolute atomic E-state index is 13.4. The number of carbonyl (C=O) groups excluding carboxylic acids is 2. The number of esters is 1. The van der Waals surface area contributed by atoms with E-state index in [0.717, 1.165) is 0 Å². The summed E-state index contributed by atoms with van der Waals surface area (Å²) in [4.78, 5) is 26.7. The zero-order valence-corrected chi connectivity index (χ0v) is 11.3. The van der Waals surface area contributed by atoms with Crippen molar-refractivity contribution in [1.29, 1.82) is 0 Å². The van der Waals surface area contributed by atoms with Gasteiger partial charge in [-0.1, -0.05) is 6.07 Å². The minimum absolute atomic E-state index is 0.0245. The first-order valence-corrected chi connectivity index (χ1v) is 6.22. The number of hydrogen-bond donors (Lipinski definition) is 1. The Hall–Kier alpha value is -2.76. The summed E-state index contributed by atoms with van der Waals surface area (Å²) >= 11 is 0. The number of carbonyl (C=O) groups is 2. The monoisotopic (exact) mass is 288 g/mol. The molecule has 1 heterocycles. The van der Waals surface area contributed by atoms with E-state index in [1.165, 1.54) is 31.3 Å². The Morgan fingerprint density at radius 2 is 2.10 bits per heavy atom. The zero-order chi connectivity index (χ0) is 15.2. The lowest BCUT2D eigenvalue weighted by molar-refractivity contribution is -0.131. The fraction of sp³-hybridized carbons (Fsp3) is 0.133. The second-order valence-electron chi connectivity index (χ2n) is 4.24. The molecule has 0 fully saturated rings. The largest absolute Gasteiger partial charge is 0.427 e. The normalized spacial score (nSPS) is 10.0. The van der Waals surface area contributed by atoms with Crippen LogP contribution in [0, 0.1) is 5.82 Å². The number of amides is 1. The quantitative estimate of drug-likeness (QED) is 0.691. The van der Waals surface area contributed by atoms with Crippen molar-refractivity contribution in [3.63, 3.8) is 0 Å². The molecule has 1 N–H and O–H groups in total. The number of nitrogens with zero attached hydrogens (tertiary/aromatic N) is 1. The summed E-state index contributed by atoms with van der Waals surface area (Å²) in [6.07, 6.45) is 1.45. The van der Waals surface area contributed by atoms with E-state index in [1.807, 2.05) is 0 Å². The third kappa shape index (κ3) is 4.10. The standard InChI is InChI=1S/C15H13FN2O3/c1-10(19)21-12-5-2-4-11(8-12)15(20)18-9-14-13(16)6-3-7-17-14/h2-8H,9H2,1H3,(H,18,20). The average molecular weight is 288 g/mol. The zero-order valence-electron chi connectivity index (χ0n) is 11.3. The Kier molecular flexibility index (Phi) is 4.61. The van der Waals surface area contributed by atoms with E-state index in [4.69, 9.17) is 4.74 Å². The van der Waals surface area contributed by atoms with Crippen molar-refractivity contribution in [2.75, 3.05) is 0 Å². The Morgan fingerprint density at radius 3 is 2.81 bits per heavy atom. The molecule has 0 spiro atoms. The van der Waals surface area contributed by atoms with Crippen molar-refractivity contribution in [3.8, 4) is 5.75 Å². The number of rotatable bonds is 4. The number of benzene rings is 1.